The molecule has 0 aromatic heterocycles. The molecule has 0 unspecified atom stereocenters. The fraction of sp³-hybridized carbons (Fsp3) is 0.222. The maximum absolute atomic E-state index is 13.6. The average molecular weight is 443 g/mol. The lowest BCUT2D eigenvalue weighted by atomic mass is 9.98. The lowest BCUT2D eigenvalue weighted by Gasteiger charge is -2.26. The minimum atomic E-state index is -0.277. The molecule has 0 spiro atoms. The molecule has 5 rings (SSSR count). The van der Waals surface area contributed by atoms with E-state index >= 15 is 0 Å². The van der Waals surface area contributed by atoms with E-state index in [0.29, 0.717) is 25.1 Å². The molecule has 3 aromatic rings. The van der Waals surface area contributed by atoms with E-state index < -0.39 is 0 Å². The Morgan fingerprint density at radius 3 is 2.61 bits per heavy atom. The van der Waals surface area contributed by atoms with Gasteiger partial charge in [-0.05, 0) is 52.9 Å². The zero-order valence-corrected chi connectivity index (χ0v) is 18.6. The van der Waals surface area contributed by atoms with Gasteiger partial charge in [-0.25, -0.2) is 9.82 Å². The summed E-state index contributed by atoms with van der Waals surface area (Å²) in [5, 5.41) is 2.05. The Kier molecular flexibility index (Phi) is 5.70. The van der Waals surface area contributed by atoms with Gasteiger partial charge in [-0.15, -0.1) is 0 Å². The first kappa shape index (κ1) is 21.4. The van der Waals surface area contributed by atoms with Crippen LogP contribution in [0.1, 0.15) is 32.6 Å². The molecule has 168 valence electrons. The highest BCUT2D eigenvalue weighted by Gasteiger charge is 2.33. The second-order valence-electron chi connectivity index (χ2n) is 8.62. The molecular weight excluding hydrogens is 415 g/mol. The van der Waals surface area contributed by atoms with Gasteiger partial charge in [0.15, 0.2) is 0 Å². The van der Waals surface area contributed by atoms with Crippen molar-refractivity contribution in [2.45, 2.75) is 19.0 Å². The number of halogens is 1. The number of hydrogen-bond donors (Lipinski definition) is 2. The van der Waals surface area contributed by atoms with Crippen LogP contribution in [0.4, 0.5) is 4.39 Å². The molecule has 0 bridgehead atoms. The van der Waals surface area contributed by atoms with Crippen LogP contribution in [-0.2, 0) is 13.0 Å². The van der Waals surface area contributed by atoms with Crippen molar-refractivity contribution in [1.29, 1.82) is 0 Å². The first-order valence-corrected chi connectivity index (χ1v) is 11.2. The lowest BCUT2D eigenvalue weighted by Crippen LogP contribution is -2.42. The van der Waals surface area contributed by atoms with Crippen LogP contribution in [0.25, 0.3) is 11.3 Å². The van der Waals surface area contributed by atoms with Crippen molar-refractivity contribution in [3.63, 3.8) is 0 Å². The number of fused-ring (bicyclic) bond motifs is 1. The maximum atomic E-state index is 13.6. The first-order chi connectivity index (χ1) is 16.0. The van der Waals surface area contributed by atoms with Crippen molar-refractivity contribution in [3.8, 4) is 0 Å². The summed E-state index contributed by atoms with van der Waals surface area (Å²) in [6.07, 6.45) is 0.525. The Bertz CT molecular complexity index is 1220. The Morgan fingerprint density at radius 2 is 1.85 bits per heavy atom. The zero-order valence-electron chi connectivity index (χ0n) is 18.6. The molecule has 3 aromatic carbocycles. The van der Waals surface area contributed by atoms with Crippen LogP contribution >= 0.6 is 0 Å². The Labute approximate surface area is 193 Å². The predicted octanol–water partition coefficient (Wildman–Crippen LogP) is 3.67. The highest BCUT2D eigenvalue weighted by atomic mass is 19.1. The highest BCUT2D eigenvalue weighted by molar-refractivity contribution is 6.00. The molecule has 0 saturated carbocycles. The number of nitrogens with one attached hydrogen (secondary N) is 1. The molecule has 33 heavy (non-hydrogen) atoms. The van der Waals surface area contributed by atoms with Gasteiger partial charge in [-0.2, -0.15) is 0 Å². The van der Waals surface area contributed by atoms with Crippen LogP contribution in [0.2, 0.25) is 0 Å². The molecule has 0 saturated heterocycles. The summed E-state index contributed by atoms with van der Waals surface area (Å²) < 4.78 is 13.6. The van der Waals surface area contributed by atoms with Crippen molar-refractivity contribution in [2.75, 3.05) is 20.1 Å². The molecular formula is C27H27FN4O. The van der Waals surface area contributed by atoms with Crippen molar-refractivity contribution < 1.29 is 9.18 Å². The summed E-state index contributed by atoms with van der Waals surface area (Å²) in [7, 11) is 2.01. The lowest BCUT2D eigenvalue weighted by molar-refractivity contribution is 0.0708. The van der Waals surface area contributed by atoms with Crippen LogP contribution in [0.3, 0.4) is 0 Å². The molecule has 6 heteroatoms. The fourth-order valence-electron chi connectivity index (χ4n) is 4.85. The molecule has 1 amide bonds. The van der Waals surface area contributed by atoms with Gasteiger partial charge in [0.25, 0.3) is 5.91 Å². The van der Waals surface area contributed by atoms with E-state index in [9.17, 15) is 9.18 Å². The minimum absolute atomic E-state index is 0.0152. The molecule has 0 aliphatic carbocycles. The van der Waals surface area contributed by atoms with Gasteiger partial charge < -0.3 is 15.6 Å². The average Bonchev–Trinajstić information content (AvgIpc) is 3.37. The minimum Gasteiger partial charge on any atom is -0.330 e. The quantitative estimate of drug-likeness (QED) is 0.612. The summed E-state index contributed by atoms with van der Waals surface area (Å²) in [5.74, 6) is -0.292. The predicted molar refractivity (Wildman–Crippen MR) is 128 cm³/mol. The number of amides is 1. The number of benzene rings is 3. The Hall–Kier alpha value is -3.48. The second kappa shape index (κ2) is 8.81. The number of hydrazine groups is 1. The third kappa shape index (κ3) is 4.03. The third-order valence-electron chi connectivity index (χ3n) is 6.52. The van der Waals surface area contributed by atoms with Crippen molar-refractivity contribution >= 4 is 17.2 Å². The molecule has 3 N–H and O–H groups in total. The maximum Gasteiger partial charge on any atom is 0.254 e. The van der Waals surface area contributed by atoms with E-state index in [1.54, 1.807) is 6.07 Å². The number of carbonyl (C=O) groups excluding carboxylic acids is 1. The van der Waals surface area contributed by atoms with Crippen LogP contribution in [0.5, 0.6) is 0 Å². The Morgan fingerprint density at radius 1 is 1.03 bits per heavy atom. The number of nitrogens with two attached hydrogens (primary N) is 1. The summed E-state index contributed by atoms with van der Waals surface area (Å²) in [6.45, 7) is 1.57. The van der Waals surface area contributed by atoms with E-state index in [1.165, 1.54) is 23.3 Å². The van der Waals surface area contributed by atoms with Gasteiger partial charge in [0.05, 0.1) is 5.70 Å². The van der Waals surface area contributed by atoms with Crippen molar-refractivity contribution in [3.05, 3.63) is 106 Å². The van der Waals surface area contributed by atoms with Gasteiger partial charge in [0.2, 0.25) is 0 Å². The van der Waals surface area contributed by atoms with Gasteiger partial charge >= 0.3 is 0 Å². The molecule has 2 heterocycles. The Balaban J connectivity index is 1.44. The summed E-state index contributed by atoms with van der Waals surface area (Å²) in [6, 6.07) is 22.7. The number of hydrogen-bond acceptors (Lipinski definition) is 4. The summed E-state index contributed by atoms with van der Waals surface area (Å²) in [4.78, 5) is 15.0. The van der Waals surface area contributed by atoms with Gasteiger partial charge in [0.1, 0.15) is 5.82 Å². The van der Waals surface area contributed by atoms with Gasteiger partial charge in [0, 0.05) is 43.9 Å². The van der Waals surface area contributed by atoms with Gasteiger partial charge in [-0.3, -0.25) is 4.79 Å². The van der Waals surface area contributed by atoms with E-state index in [4.69, 9.17) is 5.73 Å². The van der Waals surface area contributed by atoms with Crippen LogP contribution in [0, 0.1) is 5.82 Å². The van der Waals surface area contributed by atoms with Gasteiger partial charge in [-0.1, -0.05) is 48.5 Å². The normalized spacial score (nSPS) is 16.5. The molecule has 0 radical (unpaired) electrons. The smallest absolute Gasteiger partial charge is 0.254 e. The summed E-state index contributed by atoms with van der Waals surface area (Å²) >= 11 is 0. The zero-order chi connectivity index (χ0) is 22.9. The highest BCUT2D eigenvalue weighted by Crippen LogP contribution is 2.34. The number of rotatable bonds is 6. The molecule has 1 atom stereocenters. The standard InChI is InChI=1S/C27H27FN4O/c1-31-26(25(16-30-31)19-7-3-2-4-8-19)20-10-11-24-21(14-20)17-32(27(24)33)23(15-29)13-18-6-5-9-22(28)12-18/h2-12,14,23,30H,13,15-17,29H2,1H3/t23-/m0/s1. The van der Waals surface area contributed by atoms with Crippen molar-refractivity contribution in [1.82, 2.24) is 15.3 Å². The van der Waals surface area contributed by atoms with E-state index in [-0.39, 0.29) is 17.8 Å². The van der Waals surface area contributed by atoms with Crippen LogP contribution < -0.4 is 11.2 Å². The van der Waals surface area contributed by atoms with Crippen LogP contribution in [-0.4, -0.2) is 42.0 Å². The number of carbonyl (C=O) groups is 1. The second-order valence-corrected chi connectivity index (χ2v) is 8.62. The monoisotopic (exact) mass is 442 g/mol. The molecule has 0 fully saturated rings. The first-order valence-electron chi connectivity index (χ1n) is 11.2. The summed E-state index contributed by atoms with van der Waals surface area (Å²) in [5.41, 5.74) is 16.6. The van der Waals surface area contributed by atoms with Crippen LogP contribution in [0.15, 0.2) is 72.8 Å². The molecule has 5 nitrogen and oxygen atoms in total. The topological polar surface area (TPSA) is 61.6 Å². The molecule has 2 aliphatic heterocycles. The van der Waals surface area contributed by atoms with E-state index in [1.807, 2.05) is 53.4 Å². The molecule has 2 aliphatic rings. The fourth-order valence-corrected chi connectivity index (χ4v) is 4.85. The SMILES string of the molecule is CN1NCC(c2ccccc2)=C1c1ccc2c(c1)CN([C@H](CN)Cc1cccc(F)c1)C2=O. The van der Waals surface area contributed by atoms with E-state index in [0.717, 1.165) is 28.9 Å². The van der Waals surface area contributed by atoms with E-state index in [2.05, 4.69) is 23.6 Å². The third-order valence-corrected chi connectivity index (χ3v) is 6.52. The number of nitrogens with zero attached hydrogens (tertiary/aromatic N) is 2. The largest absolute Gasteiger partial charge is 0.330 e. The van der Waals surface area contributed by atoms with Crippen molar-refractivity contribution in [2.24, 2.45) is 5.73 Å².